The first-order chi connectivity index (χ1) is 18.6. The molecule has 0 amide bonds. The molecule has 1 fully saturated rings. The molecule has 0 radical (unpaired) electrons. The van der Waals surface area contributed by atoms with Gasteiger partial charge in [-0.1, -0.05) is 32.0 Å². The third-order valence-corrected chi connectivity index (χ3v) is 7.27. The van der Waals surface area contributed by atoms with Crippen molar-refractivity contribution in [2.24, 2.45) is 0 Å². The van der Waals surface area contributed by atoms with Gasteiger partial charge in [-0.25, -0.2) is 0 Å². The molecular formula is C30H32N6O2. The van der Waals surface area contributed by atoms with Crippen LogP contribution < -0.4 is 4.90 Å². The molecule has 194 valence electrons. The van der Waals surface area contributed by atoms with Crippen LogP contribution in [0.1, 0.15) is 36.7 Å². The number of benzene rings is 2. The van der Waals surface area contributed by atoms with Crippen LogP contribution in [0.3, 0.4) is 0 Å². The molecule has 3 aromatic heterocycles. The molecule has 0 saturated carbocycles. The van der Waals surface area contributed by atoms with E-state index in [4.69, 9.17) is 9.84 Å². The second-order valence-corrected chi connectivity index (χ2v) is 10.1. The summed E-state index contributed by atoms with van der Waals surface area (Å²) >= 11 is 0. The second kappa shape index (κ2) is 10.3. The Morgan fingerprint density at radius 2 is 1.82 bits per heavy atom. The van der Waals surface area contributed by atoms with Gasteiger partial charge in [0, 0.05) is 59.4 Å². The third-order valence-electron chi connectivity index (χ3n) is 7.27. The highest BCUT2D eigenvalue weighted by molar-refractivity contribution is 5.93. The number of aromatic amines is 2. The average Bonchev–Trinajstić information content (AvgIpc) is 3.56. The number of anilines is 1. The van der Waals surface area contributed by atoms with Crippen molar-refractivity contribution in [2.45, 2.75) is 32.6 Å². The summed E-state index contributed by atoms with van der Waals surface area (Å²) in [5.74, 6) is 0.426. The number of phenols is 1. The molecular weight excluding hydrogens is 476 g/mol. The molecule has 8 nitrogen and oxygen atoms in total. The van der Waals surface area contributed by atoms with E-state index in [2.05, 4.69) is 69.4 Å². The third kappa shape index (κ3) is 4.63. The van der Waals surface area contributed by atoms with Crippen molar-refractivity contribution >= 4 is 16.6 Å². The van der Waals surface area contributed by atoms with Gasteiger partial charge in [0.05, 0.1) is 24.4 Å². The molecule has 6 rings (SSSR count). The molecule has 4 heterocycles. The molecule has 3 N–H and O–H groups in total. The number of pyridine rings is 1. The molecule has 1 aliphatic rings. The number of aromatic nitrogens is 5. The minimum Gasteiger partial charge on any atom is -0.507 e. The predicted octanol–water partition coefficient (Wildman–Crippen LogP) is 5.47. The number of hydrogen-bond donors (Lipinski definition) is 3. The summed E-state index contributed by atoms with van der Waals surface area (Å²) in [6.45, 7) is 7.52. The minimum absolute atomic E-state index is 0.174. The lowest BCUT2D eigenvalue weighted by Crippen LogP contribution is -2.36. The first-order valence-corrected chi connectivity index (χ1v) is 13.2. The fraction of sp³-hybridized carbons (Fsp3) is 0.300. The second-order valence-electron chi connectivity index (χ2n) is 10.1. The lowest BCUT2D eigenvalue weighted by atomic mass is 9.94. The average molecular weight is 509 g/mol. The maximum atomic E-state index is 11.1. The van der Waals surface area contributed by atoms with E-state index in [1.54, 1.807) is 12.3 Å². The number of fused-ring (bicyclic) bond motifs is 1. The Labute approximate surface area is 221 Å². The van der Waals surface area contributed by atoms with Crippen molar-refractivity contribution in [1.29, 1.82) is 0 Å². The van der Waals surface area contributed by atoms with Crippen LogP contribution in [0.2, 0.25) is 0 Å². The van der Waals surface area contributed by atoms with Gasteiger partial charge in [-0.05, 0) is 54.2 Å². The number of aromatic hydroxyl groups is 1. The Hall–Kier alpha value is -4.17. The van der Waals surface area contributed by atoms with E-state index < -0.39 is 0 Å². The van der Waals surface area contributed by atoms with Gasteiger partial charge in [0.1, 0.15) is 11.4 Å². The van der Waals surface area contributed by atoms with Gasteiger partial charge in [0.15, 0.2) is 0 Å². The maximum Gasteiger partial charge on any atom is 0.127 e. The van der Waals surface area contributed by atoms with Crippen molar-refractivity contribution in [2.75, 3.05) is 31.2 Å². The number of aryl methyl sites for hydroxylation is 2. The first-order valence-electron chi connectivity index (χ1n) is 13.2. The van der Waals surface area contributed by atoms with Crippen LogP contribution in [0.5, 0.6) is 5.75 Å². The van der Waals surface area contributed by atoms with E-state index in [9.17, 15) is 5.11 Å². The summed E-state index contributed by atoms with van der Waals surface area (Å²) in [6.07, 6.45) is 5.30. The van der Waals surface area contributed by atoms with Crippen LogP contribution in [0.15, 0.2) is 60.9 Å². The molecule has 0 atom stereocenters. The summed E-state index contributed by atoms with van der Waals surface area (Å²) in [7, 11) is 0. The van der Waals surface area contributed by atoms with Gasteiger partial charge in [0.2, 0.25) is 0 Å². The van der Waals surface area contributed by atoms with E-state index >= 15 is 0 Å². The number of phenolic OH excluding ortho intramolecular Hbond substituents is 1. The predicted molar refractivity (Wildman–Crippen MR) is 150 cm³/mol. The highest BCUT2D eigenvalue weighted by Crippen LogP contribution is 2.41. The van der Waals surface area contributed by atoms with Crippen LogP contribution in [0.25, 0.3) is 33.3 Å². The molecule has 1 saturated heterocycles. The smallest absolute Gasteiger partial charge is 0.127 e. The lowest BCUT2D eigenvalue weighted by Gasteiger charge is -2.29. The molecule has 1 aliphatic heterocycles. The normalized spacial score (nSPS) is 14.0. The van der Waals surface area contributed by atoms with Gasteiger partial charge >= 0.3 is 0 Å². The summed E-state index contributed by atoms with van der Waals surface area (Å²) in [5, 5.41) is 27.7. The number of ether oxygens (including phenoxy) is 1. The Balaban J connectivity index is 1.43. The van der Waals surface area contributed by atoms with Crippen LogP contribution in [0.4, 0.5) is 5.69 Å². The number of nitrogens with one attached hydrogen (secondary N) is 2. The summed E-state index contributed by atoms with van der Waals surface area (Å²) in [4.78, 5) is 6.61. The topological polar surface area (TPSA) is 103 Å². The summed E-state index contributed by atoms with van der Waals surface area (Å²) < 4.78 is 5.52. The number of morpholine rings is 1. The van der Waals surface area contributed by atoms with Crippen molar-refractivity contribution in [1.82, 2.24) is 25.4 Å². The van der Waals surface area contributed by atoms with Gasteiger partial charge in [-0.2, -0.15) is 10.2 Å². The first kappa shape index (κ1) is 24.2. The van der Waals surface area contributed by atoms with Crippen molar-refractivity contribution in [3.63, 3.8) is 0 Å². The molecule has 0 unspecified atom stereocenters. The number of hydrogen-bond acceptors (Lipinski definition) is 6. The molecule has 38 heavy (non-hydrogen) atoms. The van der Waals surface area contributed by atoms with E-state index in [1.165, 1.54) is 11.3 Å². The number of rotatable bonds is 7. The number of H-pyrrole nitrogens is 2. The summed E-state index contributed by atoms with van der Waals surface area (Å²) in [6, 6.07) is 16.4. The van der Waals surface area contributed by atoms with Gasteiger partial charge in [-0.3, -0.25) is 15.2 Å². The monoisotopic (exact) mass is 508 g/mol. The van der Waals surface area contributed by atoms with Gasteiger partial charge in [-0.15, -0.1) is 0 Å². The number of nitrogens with zero attached hydrogens (tertiary/aromatic N) is 4. The van der Waals surface area contributed by atoms with Crippen molar-refractivity contribution in [3.8, 4) is 28.1 Å². The highest BCUT2D eigenvalue weighted by Gasteiger charge is 2.22. The Morgan fingerprint density at radius 3 is 2.55 bits per heavy atom. The Bertz CT molecular complexity index is 1530. The SMILES string of the molecule is CC(C)c1n[nH]c2cc(O)c(-c3n[nH]c(CCc4cccnc4)c3-c3ccc(N4CCOCC4)cc3)cc12. The Morgan fingerprint density at radius 1 is 1.00 bits per heavy atom. The van der Waals surface area contributed by atoms with E-state index in [-0.39, 0.29) is 11.7 Å². The largest absolute Gasteiger partial charge is 0.507 e. The van der Waals surface area contributed by atoms with Crippen LogP contribution in [-0.4, -0.2) is 56.8 Å². The molecule has 8 heteroatoms. The maximum absolute atomic E-state index is 11.1. The van der Waals surface area contributed by atoms with Crippen molar-refractivity contribution in [3.05, 3.63) is 77.9 Å². The molecule has 5 aromatic rings. The fourth-order valence-electron chi connectivity index (χ4n) is 5.24. The van der Waals surface area contributed by atoms with Crippen LogP contribution in [0, 0.1) is 0 Å². The van der Waals surface area contributed by atoms with E-state index in [1.807, 2.05) is 18.3 Å². The molecule has 0 aliphatic carbocycles. The quantitative estimate of drug-likeness (QED) is 0.270. The van der Waals surface area contributed by atoms with Gasteiger partial charge < -0.3 is 14.7 Å². The Kier molecular flexibility index (Phi) is 6.55. The van der Waals surface area contributed by atoms with E-state index in [0.29, 0.717) is 5.56 Å². The molecule has 2 aromatic carbocycles. The highest BCUT2D eigenvalue weighted by atomic mass is 16.5. The lowest BCUT2D eigenvalue weighted by molar-refractivity contribution is 0.122. The zero-order chi connectivity index (χ0) is 26.1. The van der Waals surface area contributed by atoms with Crippen LogP contribution in [-0.2, 0) is 17.6 Å². The molecule has 0 spiro atoms. The van der Waals surface area contributed by atoms with Crippen molar-refractivity contribution < 1.29 is 9.84 Å². The molecule has 0 bridgehead atoms. The fourth-order valence-corrected chi connectivity index (χ4v) is 5.24. The minimum atomic E-state index is 0.174. The van der Waals surface area contributed by atoms with E-state index in [0.717, 1.165) is 78.3 Å². The zero-order valence-electron chi connectivity index (χ0n) is 21.7. The summed E-state index contributed by atoms with van der Waals surface area (Å²) in [5.41, 5.74) is 8.67. The standard InChI is InChI=1S/C30H32N6O2/c1-19(2)29-23-16-24(27(37)17-26(23)33-34-29)30-28(25(32-35-30)10-5-20-4-3-11-31-18-20)21-6-8-22(9-7-21)36-12-14-38-15-13-36/h3-4,6-9,11,16-19,37H,5,10,12-15H2,1-2H3,(H,32,35)(H,33,34). The zero-order valence-corrected chi connectivity index (χ0v) is 21.7. The van der Waals surface area contributed by atoms with Gasteiger partial charge in [0.25, 0.3) is 0 Å². The van der Waals surface area contributed by atoms with Crippen LogP contribution >= 0.6 is 0 Å².